The fraction of sp³-hybridized carbons (Fsp3) is 0.321. The third-order valence-electron chi connectivity index (χ3n) is 6.65. The molecule has 1 aliphatic rings. The highest BCUT2D eigenvalue weighted by molar-refractivity contribution is 6.08. The minimum Gasteiger partial charge on any atom is -0.495 e. The SMILES string of the molecule is C=CC(=O)Nc1c(OC)ccc2ccc(-c3ccc(NC)c(C(=O)NC4CCN(CCO)CC4)n3)cc12. The van der Waals surface area contributed by atoms with E-state index in [2.05, 4.69) is 27.4 Å². The van der Waals surface area contributed by atoms with E-state index < -0.39 is 0 Å². The minimum atomic E-state index is -0.339. The molecule has 194 valence electrons. The van der Waals surface area contributed by atoms with Crippen LogP contribution in [0, 0.1) is 0 Å². The van der Waals surface area contributed by atoms with Gasteiger partial charge in [0, 0.05) is 43.7 Å². The van der Waals surface area contributed by atoms with Gasteiger partial charge in [-0.2, -0.15) is 0 Å². The van der Waals surface area contributed by atoms with Gasteiger partial charge in [0.15, 0.2) is 5.69 Å². The van der Waals surface area contributed by atoms with E-state index in [-0.39, 0.29) is 24.5 Å². The second-order valence-corrected chi connectivity index (χ2v) is 8.93. The largest absolute Gasteiger partial charge is 0.495 e. The Morgan fingerprint density at radius 3 is 2.62 bits per heavy atom. The van der Waals surface area contributed by atoms with Gasteiger partial charge in [0.2, 0.25) is 5.91 Å². The van der Waals surface area contributed by atoms with Gasteiger partial charge in [-0.1, -0.05) is 24.8 Å². The number of β-amino-alcohol motifs (C(OH)–C–C–N with tert-alkyl or cyclic N) is 1. The third-order valence-corrected chi connectivity index (χ3v) is 6.65. The number of carbonyl (C=O) groups excluding carboxylic acids is 2. The first-order valence-electron chi connectivity index (χ1n) is 12.3. The van der Waals surface area contributed by atoms with Crippen molar-refractivity contribution in [2.24, 2.45) is 0 Å². The number of hydrogen-bond donors (Lipinski definition) is 4. The second-order valence-electron chi connectivity index (χ2n) is 8.93. The number of amides is 2. The topological polar surface area (TPSA) is 116 Å². The van der Waals surface area contributed by atoms with E-state index in [1.54, 1.807) is 20.2 Å². The number of anilines is 2. The number of fused-ring (bicyclic) bond motifs is 1. The van der Waals surface area contributed by atoms with Crippen LogP contribution in [0.5, 0.6) is 5.75 Å². The number of carbonyl (C=O) groups is 2. The molecule has 1 saturated heterocycles. The van der Waals surface area contributed by atoms with Crippen LogP contribution in [0.1, 0.15) is 23.3 Å². The van der Waals surface area contributed by atoms with Gasteiger partial charge in [-0.3, -0.25) is 9.59 Å². The zero-order valence-electron chi connectivity index (χ0n) is 21.2. The van der Waals surface area contributed by atoms with Gasteiger partial charge >= 0.3 is 0 Å². The Morgan fingerprint density at radius 1 is 1.19 bits per heavy atom. The van der Waals surface area contributed by atoms with Gasteiger partial charge in [0.25, 0.3) is 5.91 Å². The summed E-state index contributed by atoms with van der Waals surface area (Å²) in [4.78, 5) is 32.3. The van der Waals surface area contributed by atoms with E-state index in [0.717, 1.165) is 42.3 Å². The smallest absolute Gasteiger partial charge is 0.272 e. The van der Waals surface area contributed by atoms with Crippen molar-refractivity contribution in [1.82, 2.24) is 15.2 Å². The molecule has 0 atom stereocenters. The van der Waals surface area contributed by atoms with Crippen molar-refractivity contribution in [2.75, 3.05) is 51.0 Å². The summed E-state index contributed by atoms with van der Waals surface area (Å²) in [5, 5.41) is 19.9. The molecular weight excluding hydrogens is 470 g/mol. The van der Waals surface area contributed by atoms with Crippen LogP contribution in [0.3, 0.4) is 0 Å². The number of benzene rings is 2. The summed E-state index contributed by atoms with van der Waals surface area (Å²) < 4.78 is 5.48. The normalized spacial score (nSPS) is 14.2. The maximum atomic E-state index is 13.2. The second kappa shape index (κ2) is 11.9. The van der Waals surface area contributed by atoms with Gasteiger partial charge in [0.1, 0.15) is 5.75 Å². The summed E-state index contributed by atoms with van der Waals surface area (Å²) in [6, 6.07) is 13.3. The molecule has 2 heterocycles. The Morgan fingerprint density at radius 2 is 1.95 bits per heavy atom. The molecule has 2 amide bonds. The lowest BCUT2D eigenvalue weighted by atomic mass is 10.0. The van der Waals surface area contributed by atoms with Gasteiger partial charge in [0.05, 0.1) is 30.8 Å². The van der Waals surface area contributed by atoms with Crippen LogP contribution >= 0.6 is 0 Å². The maximum Gasteiger partial charge on any atom is 0.272 e. The molecule has 0 aliphatic carbocycles. The molecule has 2 aromatic carbocycles. The molecule has 0 spiro atoms. The van der Waals surface area contributed by atoms with Crippen LogP contribution in [0.2, 0.25) is 0 Å². The van der Waals surface area contributed by atoms with Crippen LogP contribution < -0.4 is 20.7 Å². The Bertz CT molecular complexity index is 1300. The Kier molecular flexibility index (Phi) is 8.37. The molecule has 1 aliphatic heterocycles. The molecule has 9 nitrogen and oxygen atoms in total. The van der Waals surface area contributed by atoms with Crippen molar-refractivity contribution in [2.45, 2.75) is 18.9 Å². The number of aliphatic hydroxyl groups is 1. The fourth-order valence-electron chi connectivity index (χ4n) is 4.62. The van der Waals surface area contributed by atoms with Crippen LogP contribution in [0.25, 0.3) is 22.0 Å². The lowest BCUT2D eigenvalue weighted by Crippen LogP contribution is -2.45. The number of pyridine rings is 1. The zero-order valence-corrected chi connectivity index (χ0v) is 21.2. The number of aromatic nitrogens is 1. The summed E-state index contributed by atoms with van der Waals surface area (Å²) in [6.45, 7) is 6.01. The first-order valence-corrected chi connectivity index (χ1v) is 12.3. The summed E-state index contributed by atoms with van der Waals surface area (Å²) in [6.07, 6.45) is 2.86. The molecule has 0 bridgehead atoms. The summed E-state index contributed by atoms with van der Waals surface area (Å²) in [7, 11) is 3.31. The van der Waals surface area contributed by atoms with Crippen LogP contribution in [0.15, 0.2) is 55.1 Å². The highest BCUT2D eigenvalue weighted by Crippen LogP contribution is 2.36. The third kappa shape index (κ3) is 5.90. The summed E-state index contributed by atoms with van der Waals surface area (Å²) >= 11 is 0. The molecular formula is C28H33N5O4. The van der Waals surface area contributed by atoms with Crippen molar-refractivity contribution in [3.63, 3.8) is 0 Å². The fourth-order valence-corrected chi connectivity index (χ4v) is 4.62. The van der Waals surface area contributed by atoms with Gasteiger partial charge < -0.3 is 30.7 Å². The van der Waals surface area contributed by atoms with Crippen LogP contribution in [0.4, 0.5) is 11.4 Å². The number of nitrogens with one attached hydrogen (secondary N) is 3. The lowest BCUT2D eigenvalue weighted by molar-refractivity contribution is -0.111. The maximum absolute atomic E-state index is 13.2. The monoisotopic (exact) mass is 503 g/mol. The molecule has 4 N–H and O–H groups in total. The van der Waals surface area contributed by atoms with Gasteiger partial charge in [-0.05, 0) is 48.6 Å². The number of aliphatic hydroxyl groups excluding tert-OH is 1. The Balaban J connectivity index is 1.64. The number of hydrogen-bond acceptors (Lipinski definition) is 7. The van der Waals surface area contributed by atoms with E-state index in [1.165, 1.54) is 6.08 Å². The van der Waals surface area contributed by atoms with Gasteiger partial charge in [-0.25, -0.2) is 4.98 Å². The van der Waals surface area contributed by atoms with Crippen molar-refractivity contribution in [1.29, 1.82) is 0 Å². The minimum absolute atomic E-state index is 0.0572. The quantitative estimate of drug-likeness (QED) is 0.331. The number of methoxy groups -OCH3 is 1. The number of ether oxygens (including phenoxy) is 1. The first-order chi connectivity index (χ1) is 18.0. The lowest BCUT2D eigenvalue weighted by Gasteiger charge is -2.31. The number of rotatable bonds is 9. The molecule has 1 aromatic heterocycles. The number of piperidine rings is 1. The van der Waals surface area contributed by atoms with Crippen LogP contribution in [-0.2, 0) is 4.79 Å². The van der Waals surface area contributed by atoms with E-state index in [1.807, 2.05) is 36.4 Å². The number of nitrogens with zero attached hydrogens (tertiary/aromatic N) is 2. The highest BCUT2D eigenvalue weighted by atomic mass is 16.5. The van der Waals surface area contributed by atoms with Crippen LogP contribution in [-0.4, -0.2) is 73.2 Å². The number of likely N-dealkylation sites (tertiary alicyclic amines) is 1. The molecule has 0 radical (unpaired) electrons. The van der Waals surface area contributed by atoms with Crippen molar-refractivity contribution in [3.05, 3.63) is 60.8 Å². The summed E-state index contributed by atoms with van der Waals surface area (Å²) in [5.74, 6) is -0.0366. The molecule has 9 heteroatoms. The Labute approximate surface area is 216 Å². The zero-order chi connectivity index (χ0) is 26.4. The summed E-state index contributed by atoms with van der Waals surface area (Å²) in [5.41, 5.74) is 2.93. The molecule has 4 rings (SSSR count). The van der Waals surface area contributed by atoms with E-state index >= 15 is 0 Å². The molecule has 3 aromatic rings. The average molecular weight is 504 g/mol. The van der Waals surface area contributed by atoms with E-state index in [9.17, 15) is 9.59 Å². The van der Waals surface area contributed by atoms with E-state index in [4.69, 9.17) is 14.8 Å². The standard InChI is InChI=1S/C28H33N5O4/c1-4-25(35)32-26-21-17-19(6-5-18(21)7-10-24(26)37-3)22-8-9-23(29-2)27(31-22)28(36)30-20-11-13-33(14-12-20)15-16-34/h4-10,17,20,29,34H,1,11-16H2,2-3H3,(H,30,36)(H,32,35). The molecule has 0 saturated carbocycles. The van der Waals surface area contributed by atoms with Crippen molar-refractivity contribution < 1.29 is 19.4 Å². The molecule has 37 heavy (non-hydrogen) atoms. The first kappa shape index (κ1) is 26.1. The average Bonchev–Trinajstić information content (AvgIpc) is 2.93. The van der Waals surface area contributed by atoms with Crippen molar-refractivity contribution in [3.8, 4) is 17.0 Å². The van der Waals surface area contributed by atoms with Gasteiger partial charge in [-0.15, -0.1) is 0 Å². The molecule has 0 unspecified atom stereocenters. The molecule has 1 fully saturated rings. The highest BCUT2D eigenvalue weighted by Gasteiger charge is 2.23. The van der Waals surface area contributed by atoms with E-state index in [0.29, 0.717) is 35.1 Å². The predicted octanol–water partition coefficient (Wildman–Crippen LogP) is 3.26. The van der Waals surface area contributed by atoms with Crippen molar-refractivity contribution >= 4 is 34.0 Å². The predicted molar refractivity (Wildman–Crippen MR) is 146 cm³/mol. The Hall–Kier alpha value is -3.95.